The number of thioether (sulfide) groups is 1. The van der Waals surface area contributed by atoms with Gasteiger partial charge in [-0.15, -0.1) is 10.2 Å². The van der Waals surface area contributed by atoms with E-state index in [0.717, 1.165) is 50.9 Å². The second kappa shape index (κ2) is 11.5. The van der Waals surface area contributed by atoms with E-state index in [1.807, 2.05) is 55.5 Å². The van der Waals surface area contributed by atoms with Gasteiger partial charge in [0.2, 0.25) is 10.9 Å². The molecule has 0 radical (unpaired) electrons. The second-order valence-electron chi connectivity index (χ2n) is 12.3. The van der Waals surface area contributed by atoms with Crippen LogP contribution in [0.15, 0.2) is 123 Å². The van der Waals surface area contributed by atoms with Crippen molar-refractivity contribution in [1.82, 2.24) is 10.2 Å². The number of para-hydroxylation sites is 1. The lowest BCUT2D eigenvalue weighted by molar-refractivity contribution is -0.121. The topological polar surface area (TPSA) is 96.6 Å². The van der Waals surface area contributed by atoms with Gasteiger partial charge in [0.05, 0.1) is 23.2 Å². The molecule has 0 fully saturated rings. The molecule has 7 aromatic rings. The van der Waals surface area contributed by atoms with Gasteiger partial charge in [-0.25, -0.2) is 4.39 Å². The molecule has 4 heterocycles. The largest absolute Gasteiger partial charge is 0.450 e. The van der Waals surface area contributed by atoms with E-state index in [1.165, 1.54) is 22.7 Å². The third-order valence-corrected chi connectivity index (χ3v) is 11.4. The van der Waals surface area contributed by atoms with Crippen molar-refractivity contribution < 1.29 is 18.4 Å². The number of carbonyl (C=O) groups is 2. The fraction of sp³-hybridized carbons (Fsp3) is 0.103. The zero-order valence-corrected chi connectivity index (χ0v) is 28.1. The van der Waals surface area contributed by atoms with Crippen LogP contribution in [0.4, 0.5) is 15.2 Å². The molecule has 9 rings (SSSR count). The van der Waals surface area contributed by atoms with Crippen molar-refractivity contribution in [2.24, 2.45) is 0 Å². The van der Waals surface area contributed by atoms with Gasteiger partial charge in [-0.3, -0.25) is 19.3 Å². The molecule has 11 heteroatoms. The van der Waals surface area contributed by atoms with Gasteiger partial charge >= 0.3 is 0 Å². The maximum Gasteiger partial charge on any atom is 0.297 e. The van der Waals surface area contributed by atoms with Crippen molar-refractivity contribution in [2.45, 2.75) is 29.1 Å². The number of nitrogens with zero attached hydrogens (tertiary/aromatic N) is 4. The number of amides is 2. The first-order valence-electron chi connectivity index (χ1n) is 15.9. The first-order valence-corrected chi connectivity index (χ1v) is 17.7. The highest BCUT2D eigenvalue weighted by Crippen LogP contribution is 2.55. The summed E-state index contributed by atoms with van der Waals surface area (Å²) in [4.78, 5) is 47.1. The first-order chi connectivity index (χ1) is 24.3. The molecule has 8 nitrogen and oxygen atoms in total. The lowest BCUT2D eigenvalue weighted by Crippen LogP contribution is -2.53. The fourth-order valence-corrected chi connectivity index (χ4v) is 9.09. The number of rotatable bonds is 6. The average Bonchev–Trinajstić information content (AvgIpc) is 3.76. The summed E-state index contributed by atoms with van der Waals surface area (Å²) >= 11 is 2.62. The van der Waals surface area contributed by atoms with Crippen LogP contribution in [0.5, 0.6) is 0 Å². The van der Waals surface area contributed by atoms with E-state index < -0.39 is 28.6 Å². The van der Waals surface area contributed by atoms with Crippen LogP contribution in [-0.2, 0) is 22.6 Å². The third kappa shape index (κ3) is 4.46. The maximum absolute atomic E-state index is 15.2. The van der Waals surface area contributed by atoms with Crippen LogP contribution in [-0.4, -0.2) is 22.0 Å². The van der Waals surface area contributed by atoms with Crippen molar-refractivity contribution in [3.63, 3.8) is 0 Å². The average molecular weight is 697 g/mol. The Hall–Kier alpha value is -5.65. The normalized spacial score (nSPS) is 16.6. The summed E-state index contributed by atoms with van der Waals surface area (Å²) in [5, 5.41) is 11.2. The van der Waals surface area contributed by atoms with Crippen molar-refractivity contribution in [1.29, 1.82) is 0 Å². The third-order valence-electron chi connectivity index (χ3n) is 9.33. The molecule has 0 aliphatic carbocycles. The molecule has 2 amide bonds. The molecule has 0 bridgehead atoms. The van der Waals surface area contributed by atoms with Gasteiger partial charge in [0.25, 0.3) is 11.8 Å². The molecular formula is C39H25FN4O4S2. The summed E-state index contributed by atoms with van der Waals surface area (Å²) in [6.07, 6.45) is 0. The van der Waals surface area contributed by atoms with E-state index in [4.69, 9.17) is 4.42 Å². The molecular weight excluding hydrogens is 672 g/mol. The molecule has 1 atom stereocenters. The Labute approximate surface area is 292 Å². The summed E-state index contributed by atoms with van der Waals surface area (Å²) in [5.41, 5.74) is 1.23. The summed E-state index contributed by atoms with van der Waals surface area (Å²) in [6, 6.07) is 32.7. The van der Waals surface area contributed by atoms with Gasteiger partial charge in [0, 0.05) is 11.3 Å². The van der Waals surface area contributed by atoms with Crippen molar-refractivity contribution >= 4 is 67.5 Å². The maximum atomic E-state index is 15.2. The quantitative estimate of drug-likeness (QED) is 0.129. The Morgan fingerprint density at radius 1 is 0.860 bits per heavy atom. The number of hydrogen-bond donors (Lipinski definition) is 0. The fourth-order valence-electron chi connectivity index (χ4n) is 7.19. The molecule has 50 heavy (non-hydrogen) atoms. The summed E-state index contributed by atoms with van der Waals surface area (Å²) in [7, 11) is 0. The molecule has 1 unspecified atom stereocenters. The molecule has 244 valence electrons. The number of fused-ring (bicyclic) bond motifs is 6. The zero-order chi connectivity index (χ0) is 34.1. The summed E-state index contributed by atoms with van der Waals surface area (Å²) in [5.74, 6) is -1.55. The van der Waals surface area contributed by atoms with Crippen LogP contribution in [0.2, 0.25) is 0 Å². The van der Waals surface area contributed by atoms with Crippen LogP contribution in [0.25, 0.3) is 21.7 Å². The highest BCUT2D eigenvalue weighted by molar-refractivity contribution is 8.00. The highest BCUT2D eigenvalue weighted by Gasteiger charge is 2.66. The molecule has 2 aliphatic heterocycles. The zero-order valence-electron chi connectivity index (χ0n) is 26.4. The second-order valence-corrected chi connectivity index (χ2v) is 14.5. The highest BCUT2D eigenvalue weighted by atomic mass is 32.2. The minimum absolute atomic E-state index is 0.0412. The van der Waals surface area contributed by atoms with Crippen molar-refractivity contribution in [2.75, 3.05) is 9.80 Å². The van der Waals surface area contributed by atoms with E-state index in [1.54, 1.807) is 23.1 Å². The molecule has 2 aliphatic rings. The van der Waals surface area contributed by atoms with E-state index in [9.17, 15) is 14.0 Å². The Morgan fingerprint density at radius 3 is 2.54 bits per heavy atom. The van der Waals surface area contributed by atoms with Crippen LogP contribution < -0.4 is 15.2 Å². The summed E-state index contributed by atoms with van der Waals surface area (Å²) in [6.45, 7) is 2.16. The number of anilines is 2. The summed E-state index contributed by atoms with van der Waals surface area (Å²) < 4.78 is 21.2. The van der Waals surface area contributed by atoms with Crippen molar-refractivity contribution in [3.05, 3.63) is 159 Å². The standard InChI is InChI=1S/C39H25FN4O4S2/c1-22-8-6-9-23(18-22)20-43-30-15-5-4-14-29(30)39(36(43)47)32-33(45)28-19-26(40)16-17-31(28)48-34(32)35(46)44(39)37-41-42-38(50-37)49-21-25-12-7-11-24-10-2-3-13-27(24)25/h2-19H,20-21H2,1H3. The predicted octanol–water partition coefficient (Wildman–Crippen LogP) is 7.99. The van der Waals surface area contributed by atoms with Crippen LogP contribution >= 0.6 is 23.1 Å². The number of benzene rings is 5. The molecule has 1 spiro atoms. The molecule has 0 saturated carbocycles. The van der Waals surface area contributed by atoms with E-state index in [-0.39, 0.29) is 34.0 Å². The number of hydrogen-bond acceptors (Lipinski definition) is 8. The number of carbonyl (C=O) groups excluding carboxylic acids is 2. The SMILES string of the molecule is Cc1cccc(CN2C(=O)C3(c4ccccc42)c2c(oc4ccc(F)cc4c2=O)C(=O)N3c2nnc(SCc3cccc4ccccc34)s2)c1. The van der Waals surface area contributed by atoms with Gasteiger partial charge < -0.3 is 9.32 Å². The number of halogens is 1. The van der Waals surface area contributed by atoms with Gasteiger partial charge in [0.1, 0.15) is 11.4 Å². The molecule has 0 saturated heterocycles. The van der Waals surface area contributed by atoms with E-state index in [0.29, 0.717) is 21.3 Å². The first kappa shape index (κ1) is 30.4. The van der Waals surface area contributed by atoms with Gasteiger partial charge in [-0.2, -0.15) is 0 Å². The van der Waals surface area contributed by atoms with Crippen LogP contribution in [0.3, 0.4) is 0 Å². The Kier molecular flexibility index (Phi) is 6.97. The Morgan fingerprint density at radius 2 is 1.66 bits per heavy atom. The van der Waals surface area contributed by atoms with E-state index >= 15 is 4.79 Å². The van der Waals surface area contributed by atoms with E-state index in [2.05, 4.69) is 34.5 Å². The minimum Gasteiger partial charge on any atom is -0.450 e. The Balaban J connectivity index is 1.21. The van der Waals surface area contributed by atoms with Crippen LogP contribution in [0.1, 0.15) is 38.4 Å². The van der Waals surface area contributed by atoms with Gasteiger partial charge in [-0.1, -0.05) is 114 Å². The monoisotopic (exact) mass is 696 g/mol. The smallest absolute Gasteiger partial charge is 0.297 e. The molecule has 5 aromatic carbocycles. The Bertz CT molecular complexity index is 2610. The number of aromatic nitrogens is 2. The lowest BCUT2D eigenvalue weighted by atomic mass is 9.84. The van der Waals surface area contributed by atoms with Crippen LogP contribution in [0, 0.1) is 12.7 Å². The molecule has 0 N–H and O–H groups in total. The van der Waals surface area contributed by atoms with Crippen molar-refractivity contribution in [3.8, 4) is 0 Å². The minimum atomic E-state index is -1.97. The molecule has 2 aromatic heterocycles. The van der Waals surface area contributed by atoms with Gasteiger partial charge in [-0.05, 0) is 53.1 Å². The van der Waals surface area contributed by atoms with Gasteiger partial charge in [0.15, 0.2) is 15.3 Å². The lowest BCUT2D eigenvalue weighted by Gasteiger charge is -2.32. The number of aryl methyl sites for hydroxylation is 1. The predicted molar refractivity (Wildman–Crippen MR) is 192 cm³/mol.